The molecule has 0 radical (unpaired) electrons. The molecule has 2 aromatic rings. The van der Waals surface area contributed by atoms with Crippen molar-refractivity contribution in [2.24, 2.45) is 5.84 Å². The van der Waals surface area contributed by atoms with Gasteiger partial charge in [0.2, 0.25) is 5.88 Å². The van der Waals surface area contributed by atoms with E-state index in [4.69, 9.17) is 15.3 Å². The van der Waals surface area contributed by atoms with Gasteiger partial charge < -0.3 is 14.9 Å². The lowest BCUT2D eigenvalue weighted by Gasteiger charge is -2.13. The van der Waals surface area contributed by atoms with Crippen LogP contribution in [0.25, 0.3) is 0 Å². The summed E-state index contributed by atoms with van der Waals surface area (Å²) in [7, 11) is 1.62. The molecular formula is C15H18N4O2. The first kappa shape index (κ1) is 13.6. The third-order valence-electron chi connectivity index (χ3n) is 3.45. The van der Waals surface area contributed by atoms with Crippen LogP contribution in [0.15, 0.2) is 24.3 Å². The van der Waals surface area contributed by atoms with Gasteiger partial charge in [-0.3, -0.25) is 0 Å². The smallest absolute Gasteiger partial charge is 0.227 e. The lowest BCUT2D eigenvalue weighted by Crippen LogP contribution is -2.13. The summed E-state index contributed by atoms with van der Waals surface area (Å²) in [6, 6.07) is 7.40. The third kappa shape index (κ3) is 2.90. The number of hydrogen-bond acceptors (Lipinski definition) is 6. The molecule has 1 aliphatic rings. The largest absolute Gasteiger partial charge is 0.497 e. The maximum atomic E-state index is 5.89. The van der Waals surface area contributed by atoms with Gasteiger partial charge in [-0.15, -0.1) is 0 Å². The normalized spacial score (nSPS) is 13.9. The highest BCUT2D eigenvalue weighted by molar-refractivity contribution is 5.49. The molecule has 6 heteroatoms. The Morgan fingerprint density at radius 3 is 2.67 bits per heavy atom. The summed E-state index contributed by atoms with van der Waals surface area (Å²) in [5.74, 6) is 9.26. The minimum absolute atomic E-state index is 0.422. The van der Waals surface area contributed by atoms with E-state index in [9.17, 15) is 0 Å². The van der Waals surface area contributed by atoms with Gasteiger partial charge in [-0.2, -0.15) is 4.98 Å². The molecule has 1 heterocycles. The molecule has 1 fully saturated rings. The first-order valence-electron chi connectivity index (χ1n) is 6.88. The van der Waals surface area contributed by atoms with Gasteiger partial charge in [0.1, 0.15) is 17.3 Å². The van der Waals surface area contributed by atoms with Crippen LogP contribution < -0.4 is 20.7 Å². The molecule has 1 saturated carbocycles. The number of anilines is 1. The van der Waals surface area contributed by atoms with E-state index in [-0.39, 0.29) is 0 Å². The number of aromatic nitrogens is 2. The molecule has 3 N–H and O–H groups in total. The molecule has 0 saturated heterocycles. The number of benzene rings is 1. The quantitative estimate of drug-likeness (QED) is 0.649. The van der Waals surface area contributed by atoms with E-state index in [2.05, 4.69) is 15.4 Å². The Balaban J connectivity index is 1.94. The number of hydrazine groups is 1. The molecule has 0 unspecified atom stereocenters. The van der Waals surface area contributed by atoms with Gasteiger partial charge in [0, 0.05) is 12.0 Å². The first-order chi connectivity index (χ1) is 10.2. The van der Waals surface area contributed by atoms with E-state index >= 15 is 0 Å². The molecule has 0 atom stereocenters. The van der Waals surface area contributed by atoms with Crippen LogP contribution in [-0.4, -0.2) is 17.1 Å². The lowest BCUT2D eigenvalue weighted by molar-refractivity contribution is 0.406. The van der Waals surface area contributed by atoms with Crippen molar-refractivity contribution in [3.05, 3.63) is 35.7 Å². The van der Waals surface area contributed by atoms with Gasteiger partial charge in [-0.05, 0) is 31.9 Å². The van der Waals surface area contributed by atoms with Gasteiger partial charge in [0.15, 0.2) is 5.82 Å². The summed E-state index contributed by atoms with van der Waals surface area (Å²) in [5, 5.41) is 0. The highest BCUT2D eigenvalue weighted by Gasteiger charge is 2.28. The Labute approximate surface area is 123 Å². The number of nitrogens with two attached hydrogens (primary N) is 1. The van der Waals surface area contributed by atoms with E-state index in [1.807, 2.05) is 31.2 Å². The number of hydrogen-bond donors (Lipinski definition) is 2. The Morgan fingerprint density at radius 1 is 1.24 bits per heavy atom. The van der Waals surface area contributed by atoms with Crippen LogP contribution in [0.5, 0.6) is 17.4 Å². The van der Waals surface area contributed by atoms with Crippen molar-refractivity contribution < 1.29 is 9.47 Å². The molecule has 3 rings (SSSR count). The van der Waals surface area contributed by atoms with Crippen molar-refractivity contribution in [3.63, 3.8) is 0 Å². The minimum Gasteiger partial charge on any atom is -0.497 e. The number of nitrogen functional groups attached to an aromatic ring is 1. The summed E-state index contributed by atoms with van der Waals surface area (Å²) < 4.78 is 11.1. The number of methoxy groups -OCH3 is 1. The highest BCUT2D eigenvalue weighted by Crippen LogP contribution is 2.40. The molecule has 0 aliphatic heterocycles. The third-order valence-corrected chi connectivity index (χ3v) is 3.45. The van der Waals surface area contributed by atoms with Gasteiger partial charge in [0.05, 0.1) is 12.7 Å². The fourth-order valence-corrected chi connectivity index (χ4v) is 2.05. The lowest BCUT2D eigenvalue weighted by atomic mass is 10.3. The van der Waals surface area contributed by atoms with E-state index in [1.165, 1.54) is 0 Å². The average Bonchev–Trinajstić information content (AvgIpc) is 3.34. The van der Waals surface area contributed by atoms with E-state index < -0.39 is 0 Å². The first-order valence-corrected chi connectivity index (χ1v) is 6.88. The second-order valence-corrected chi connectivity index (χ2v) is 5.06. The summed E-state index contributed by atoms with van der Waals surface area (Å²) in [6.45, 7) is 1.88. The van der Waals surface area contributed by atoms with Gasteiger partial charge >= 0.3 is 0 Å². The Kier molecular flexibility index (Phi) is 3.62. The summed E-state index contributed by atoms with van der Waals surface area (Å²) >= 11 is 0. The topological polar surface area (TPSA) is 82.3 Å². The van der Waals surface area contributed by atoms with Crippen molar-refractivity contribution in [2.75, 3.05) is 12.5 Å². The van der Waals surface area contributed by atoms with Crippen LogP contribution >= 0.6 is 0 Å². The maximum Gasteiger partial charge on any atom is 0.227 e. The zero-order valence-electron chi connectivity index (χ0n) is 12.1. The fourth-order valence-electron chi connectivity index (χ4n) is 2.05. The molecule has 21 heavy (non-hydrogen) atoms. The molecule has 110 valence electrons. The molecule has 6 nitrogen and oxygen atoms in total. The summed E-state index contributed by atoms with van der Waals surface area (Å²) in [4.78, 5) is 8.96. The van der Waals surface area contributed by atoms with Crippen LogP contribution in [0.1, 0.15) is 30.1 Å². The number of ether oxygens (including phenoxy) is 2. The van der Waals surface area contributed by atoms with E-state index in [0.717, 1.165) is 30.0 Å². The van der Waals surface area contributed by atoms with E-state index in [0.29, 0.717) is 23.4 Å². The zero-order valence-corrected chi connectivity index (χ0v) is 12.1. The number of rotatable bonds is 5. The van der Waals surface area contributed by atoms with Crippen molar-refractivity contribution in [1.82, 2.24) is 9.97 Å². The zero-order chi connectivity index (χ0) is 14.8. The monoisotopic (exact) mass is 286 g/mol. The molecular weight excluding hydrogens is 268 g/mol. The predicted molar refractivity (Wildman–Crippen MR) is 79.6 cm³/mol. The average molecular weight is 286 g/mol. The van der Waals surface area contributed by atoms with Crippen molar-refractivity contribution in [2.45, 2.75) is 25.7 Å². The SMILES string of the molecule is COc1cccc(Oc2nc(C3CC3)nc(NN)c2C)c1. The van der Waals surface area contributed by atoms with Crippen molar-refractivity contribution in [1.29, 1.82) is 0 Å². The Bertz CT molecular complexity index is 656. The second kappa shape index (κ2) is 5.57. The predicted octanol–water partition coefficient (Wildman–Crippen LogP) is 2.75. The van der Waals surface area contributed by atoms with Gasteiger partial charge in [-0.1, -0.05) is 6.07 Å². The van der Waals surface area contributed by atoms with Crippen LogP contribution in [0, 0.1) is 6.92 Å². The molecule has 1 aromatic heterocycles. The van der Waals surface area contributed by atoms with Gasteiger partial charge in [0.25, 0.3) is 0 Å². The van der Waals surface area contributed by atoms with E-state index in [1.54, 1.807) is 7.11 Å². The van der Waals surface area contributed by atoms with Crippen molar-refractivity contribution in [3.8, 4) is 17.4 Å². The second-order valence-electron chi connectivity index (χ2n) is 5.06. The standard InChI is InChI=1S/C15H18N4O2/c1-9-13(19-16)17-14(10-6-7-10)18-15(9)21-12-5-3-4-11(8-12)20-2/h3-5,8,10H,6-7,16H2,1-2H3,(H,17,18,19). The summed E-state index contributed by atoms with van der Waals surface area (Å²) in [5.41, 5.74) is 3.39. The summed E-state index contributed by atoms with van der Waals surface area (Å²) in [6.07, 6.45) is 2.23. The molecule has 0 amide bonds. The minimum atomic E-state index is 0.422. The van der Waals surface area contributed by atoms with Crippen molar-refractivity contribution >= 4 is 5.82 Å². The highest BCUT2D eigenvalue weighted by atomic mass is 16.5. The number of nitrogens with one attached hydrogen (secondary N) is 1. The van der Waals surface area contributed by atoms with Gasteiger partial charge in [-0.25, -0.2) is 10.8 Å². The molecule has 1 aliphatic carbocycles. The van der Waals surface area contributed by atoms with Crippen LogP contribution in [-0.2, 0) is 0 Å². The Morgan fingerprint density at radius 2 is 2.00 bits per heavy atom. The maximum absolute atomic E-state index is 5.89. The molecule has 1 aromatic carbocycles. The number of nitrogens with zero attached hydrogens (tertiary/aromatic N) is 2. The molecule has 0 spiro atoms. The Hall–Kier alpha value is -2.34. The van der Waals surface area contributed by atoms with Crippen LogP contribution in [0.2, 0.25) is 0 Å². The fraction of sp³-hybridized carbons (Fsp3) is 0.333. The van der Waals surface area contributed by atoms with Crippen LogP contribution in [0.3, 0.4) is 0 Å². The van der Waals surface area contributed by atoms with Crippen LogP contribution in [0.4, 0.5) is 5.82 Å². The molecule has 0 bridgehead atoms.